The molecule has 2 aromatic heterocycles. The third-order valence-electron chi connectivity index (χ3n) is 3.36. The maximum Gasteiger partial charge on any atom is 0.273 e. The fourth-order valence-electron chi connectivity index (χ4n) is 2.14. The third-order valence-corrected chi connectivity index (χ3v) is 4.49. The van der Waals surface area contributed by atoms with Gasteiger partial charge in [-0.25, -0.2) is 4.68 Å². The van der Waals surface area contributed by atoms with Crippen molar-refractivity contribution in [1.29, 1.82) is 0 Å². The molecule has 1 aromatic carbocycles. The predicted molar refractivity (Wildman–Crippen MR) is 88.2 cm³/mol. The summed E-state index contributed by atoms with van der Waals surface area (Å²) in [6.07, 6.45) is 1.55. The van der Waals surface area contributed by atoms with Crippen molar-refractivity contribution in [2.45, 2.75) is 26.9 Å². The molecular weight excluding hydrogens is 376 g/mol. The molecular formula is C15H15BrN6O2. The average molecular weight is 391 g/mol. The van der Waals surface area contributed by atoms with Crippen LogP contribution in [0.1, 0.15) is 33.3 Å². The summed E-state index contributed by atoms with van der Waals surface area (Å²) in [5.41, 5.74) is 2.35. The molecule has 0 unspecified atom stereocenters. The second kappa shape index (κ2) is 6.91. The van der Waals surface area contributed by atoms with Crippen molar-refractivity contribution in [2.75, 3.05) is 0 Å². The van der Waals surface area contributed by atoms with Crippen LogP contribution in [0.15, 0.2) is 33.4 Å². The number of nitrogens with zero attached hydrogens (tertiary/aromatic N) is 5. The van der Waals surface area contributed by atoms with E-state index in [0.29, 0.717) is 24.8 Å². The minimum absolute atomic E-state index is 0.235. The van der Waals surface area contributed by atoms with Gasteiger partial charge < -0.3 is 9.84 Å². The Balaban J connectivity index is 1.62. The van der Waals surface area contributed by atoms with Crippen LogP contribution in [0.4, 0.5) is 0 Å². The van der Waals surface area contributed by atoms with Gasteiger partial charge in [0.15, 0.2) is 11.5 Å². The average Bonchev–Trinajstić information content (AvgIpc) is 3.18. The van der Waals surface area contributed by atoms with Crippen LogP contribution < -0.4 is 5.32 Å². The van der Waals surface area contributed by atoms with E-state index >= 15 is 0 Å². The molecule has 0 saturated heterocycles. The van der Waals surface area contributed by atoms with Crippen LogP contribution in [-0.2, 0) is 13.1 Å². The zero-order valence-corrected chi connectivity index (χ0v) is 14.7. The molecule has 0 atom stereocenters. The number of halogens is 1. The van der Waals surface area contributed by atoms with Gasteiger partial charge in [0.1, 0.15) is 6.54 Å². The summed E-state index contributed by atoms with van der Waals surface area (Å²) in [4.78, 5) is 16.3. The van der Waals surface area contributed by atoms with Crippen molar-refractivity contribution in [3.05, 3.63) is 57.4 Å². The molecule has 2 heterocycles. The zero-order chi connectivity index (χ0) is 17.1. The Bertz CT molecular complexity index is 872. The van der Waals surface area contributed by atoms with Gasteiger partial charge in [-0.15, -0.1) is 5.10 Å². The number of hydrogen-bond donors (Lipinski definition) is 1. The Morgan fingerprint density at radius 1 is 1.38 bits per heavy atom. The van der Waals surface area contributed by atoms with E-state index < -0.39 is 0 Å². The molecule has 8 nitrogen and oxygen atoms in total. The highest BCUT2D eigenvalue weighted by Gasteiger charge is 2.13. The van der Waals surface area contributed by atoms with Crippen LogP contribution in [0.25, 0.3) is 0 Å². The van der Waals surface area contributed by atoms with Gasteiger partial charge in [0.2, 0.25) is 5.89 Å². The second-order valence-corrected chi connectivity index (χ2v) is 6.05. The van der Waals surface area contributed by atoms with E-state index in [9.17, 15) is 4.79 Å². The van der Waals surface area contributed by atoms with Gasteiger partial charge >= 0.3 is 0 Å². The molecule has 24 heavy (non-hydrogen) atoms. The van der Waals surface area contributed by atoms with E-state index in [2.05, 4.69) is 41.7 Å². The minimum Gasteiger partial charge on any atom is -0.346 e. The van der Waals surface area contributed by atoms with E-state index in [4.69, 9.17) is 4.52 Å². The first kappa shape index (κ1) is 16.3. The number of hydrogen-bond acceptors (Lipinski definition) is 6. The second-order valence-electron chi connectivity index (χ2n) is 5.26. The lowest BCUT2D eigenvalue weighted by atomic mass is 10.1. The molecule has 0 radical (unpaired) electrons. The monoisotopic (exact) mass is 390 g/mol. The molecule has 0 saturated carbocycles. The van der Waals surface area contributed by atoms with Gasteiger partial charge in [-0.05, 0) is 18.1 Å². The maximum atomic E-state index is 12.2. The largest absolute Gasteiger partial charge is 0.346 e. The smallest absolute Gasteiger partial charge is 0.273 e. The standard InChI is InChI=1S/C15H15BrN6O2/c1-9-4-3-5-11(14(9)16)6-17-15(23)12-7-22(21-19-12)8-13-18-10(2)24-20-13/h3-5,7H,6,8H2,1-2H3,(H,17,23). The molecule has 0 bridgehead atoms. The highest BCUT2D eigenvalue weighted by atomic mass is 79.9. The lowest BCUT2D eigenvalue weighted by Crippen LogP contribution is -2.23. The molecule has 3 rings (SSSR count). The summed E-state index contributed by atoms with van der Waals surface area (Å²) in [7, 11) is 0. The number of aromatic nitrogens is 5. The molecule has 124 valence electrons. The molecule has 1 amide bonds. The summed E-state index contributed by atoms with van der Waals surface area (Å²) in [5.74, 6) is 0.666. The van der Waals surface area contributed by atoms with Crippen molar-refractivity contribution < 1.29 is 9.32 Å². The Kier molecular flexibility index (Phi) is 4.70. The van der Waals surface area contributed by atoms with E-state index in [1.54, 1.807) is 13.1 Å². The van der Waals surface area contributed by atoms with Crippen molar-refractivity contribution in [3.8, 4) is 0 Å². The highest BCUT2D eigenvalue weighted by molar-refractivity contribution is 9.10. The van der Waals surface area contributed by atoms with E-state index in [-0.39, 0.29) is 11.6 Å². The van der Waals surface area contributed by atoms with Crippen molar-refractivity contribution in [1.82, 2.24) is 30.5 Å². The Hall–Kier alpha value is -2.55. The molecule has 9 heteroatoms. The number of rotatable bonds is 5. The van der Waals surface area contributed by atoms with Gasteiger partial charge in [-0.3, -0.25) is 4.79 Å². The van der Waals surface area contributed by atoms with Crippen LogP contribution in [0, 0.1) is 13.8 Å². The number of amides is 1. The molecule has 0 aliphatic heterocycles. The maximum absolute atomic E-state index is 12.2. The minimum atomic E-state index is -0.293. The van der Waals surface area contributed by atoms with E-state index in [0.717, 1.165) is 15.6 Å². The molecule has 0 fully saturated rings. The van der Waals surface area contributed by atoms with Gasteiger partial charge in [-0.2, -0.15) is 4.98 Å². The summed E-state index contributed by atoms with van der Waals surface area (Å²) in [6, 6.07) is 5.90. The molecule has 0 aliphatic carbocycles. The van der Waals surface area contributed by atoms with Crippen molar-refractivity contribution in [2.24, 2.45) is 0 Å². The highest BCUT2D eigenvalue weighted by Crippen LogP contribution is 2.20. The van der Waals surface area contributed by atoms with Gasteiger partial charge in [0.25, 0.3) is 5.91 Å². The van der Waals surface area contributed by atoms with E-state index in [1.165, 1.54) is 4.68 Å². The Labute approximate surface area is 146 Å². The van der Waals surface area contributed by atoms with Gasteiger partial charge in [0, 0.05) is 17.9 Å². The quantitative estimate of drug-likeness (QED) is 0.715. The first-order chi connectivity index (χ1) is 11.5. The van der Waals surface area contributed by atoms with E-state index in [1.807, 2.05) is 25.1 Å². The van der Waals surface area contributed by atoms with Crippen LogP contribution in [0.2, 0.25) is 0 Å². The first-order valence-electron chi connectivity index (χ1n) is 7.24. The SMILES string of the molecule is Cc1nc(Cn2cc(C(=O)NCc3cccc(C)c3Br)nn2)no1. The number of benzene rings is 1. The number of carbonyl (C=O) groups excluding carboxylic acids is 1. The normalized spacial score (nSPS) is 10.8. The lowest BCUT2D eigenvalue weighted by molar-refractivity contribution is 0.0945. The van der Waals surface area contributed by atoms with Crippen molar-refractivity contribution in [3.63, 3.8) is 0 Å². The van der Waals surface area contributed by atoms with Gasteiger partial charge in [0.05, 0.1) is 6.20 Å². The summed E-state index contributed by atoms with van der Waals surface area (Å²) in [6.45, 7) is 4.40. The molecule has 0 aliphatic rings. The number of carbonyl (C=O) groups is 1. The van der Waals surface area contributed by atoms with Crippen molar-refractivity contribution >= 4 is 21.8 Å². The van der Waals surface area contributed by atoms with Crippen LogP contribution >= 0.6 is 15.9 Å². The lowest BCUT2D eigenvalue weighted by Gasteiger charge is -2.07. The molecule has 0 spiro atoms. The zero-order valence-electron chi connectivity index (χ0n) is 13.2. The fraction of sp³-hybridized carbons (Fsp3) is 0.267. The van der Waals surface area contributed by atoms with Gasteiger partial charge in [-0.1, -0.05) is 44.5 Å². The van der Waals surface area contributed by atoms with Crippen LogP contribution in [-0.4, -0.2) is 31.0 Å². The van der Waals surface area contributed by atoms with Crippen LogP contribution in [0.5, 0.6) is 0 Å². The summed E-state index contributed by atoms with van der Waals surface area (Å²) in [5, 5.41) is 14.4. The third kappa shape index (κ3) is 3.67. The Morgan fingerprint density at radius 3 is 2.96 bits per heavy atom. The fourth-order valence-corrected chi connectivity index (χ4v) is 2.55. The topological polar surface area (TPSA) is 98.7 Å². The van der Waals surface area contributed by atoms with Crippen LogP contribution in [0.3, 0.4) is 0 Å². The first-order valence-corrected chi connectivity index (χ1v) is 8.04. The summed E-state index contributed by atoms with van der Waals surface area (Å²) < 4.78 is 7.37. The molecule has 1 N–H and O–H groups in total. The molecule has 3 aromatic rings. The summed E-state index contributed by atoms with van der Waals surface area (Å²) >= 11 is 3.52. The number of aryl methyl sites for hydroxylation is 2. The number of nitrogens with one attached hydrogen (secondary N) is 1. The predicted octanol–water partition coefficient (Wildman–Crippen LogP) is 2.02. The Morgan fingerprint density at radius 2 is 2.21 bits per heavy atom.